The lowest BCUT2D eigenvalue weighted by molar-refractivity contribution is 0.101. The quantitative estimate of drug-likeness (QED) is 0.778. The predicted octanol–water partition coefficient (Wildman–Crippen LogP) is 0.130. The number of nitrogens with zero attached hydrogens (tertiary/aromatic N) is 3. The molecular formula is C9H12N4O2. The Morgan fingerprint density at radius 2 is 2.33 bits per heavy atom. The van der Waals surface area contributed by atoms with E-state index in [9.17, 15) is 4.79 Å². The number of aromatic amines is 1. The van der Waals surface area contributed by atoms with Crippen LogP contribution in [0.1, 0.15) is 19.5 Å². The Morgan fingerprint density at radius 3 is 3.00 bits per heavy atom. The highest BCUT2D eigenvalue weighted by Crippen LogP contribution is 2.10. The molecule has 6 nitrogen and oxygen atoms in total. The summed E-state index contributed by atoms with van der Waals surface area (Å²) in [6.07, 6.45) is 2.09. The van der Waals surface area contributed by atoms with Gasteiger partial charge in [0.2, 0.25) is 0 Å². The van der Waals surface area contributed by atoms with E-state index in [1.807, 2.05) is 13.8 Å². The molecule has 2 heterocycles. The Labute approximate surface area is 85.8 Å². The minimum absolute atomic E-state index is 0.236. The Morgan fingerprint density at radius 1 is 1.53 bits per heavy atom. The zero-order valence-electron chi connectivity index (χ0n) is 8.65. The molecule has 0 fully saturated rings. The average molecular weight is 208 g/mol. The lowest BCUT2D eigenvalue weighted by Gasteiger charge is -2.00. The number of aromatic nitrogens is 4. The second-order valence-electron chi connectivity index (χ2n) is 3.02. The summed E-state index contributed by atoms with van der Waals surface area (Å²) < 4.78 is 0. The van der Waals surface area contributed by atoms with Crippen molar-refractivity contribution in [3.63, 3.8) is 0 Å². The molecule has 0 aliphatic rings. The largest absolute Gasteiger partial charge is 0.396 e. The second-order valence-corrected chi connectivity index (χ2v) is 3.02. The van der Waals surface area contributed by atoms with Crippen LogP contribution in [0.25, 0.3) is 11.0 Å². The van der Waals surface area contributed by atoms with Crippen molar-refractivity contribution in [2.45, 2.75) is 20.3 Å². The van der Waals surface area contributed by atoms with Crippen LogP contribution in [0.2, 0.25) is 0 Å². The fourth-order valence-electron chi connectivity index (χ4n) is 1.44. The molecule has 0 aliphatic heterocycles. The van der Waals surface area contributed by atoms with Gasteiger partial charge in [-0.2, -0.15) is 0 Å². The Hall–Kier alpha value is -1.85. The summed E-state index contributed by atoms with van der Waals surface area (Å²) in [7, 11) is 0. The molecule has 0 saturated carbocycles. The van der Waals surface area contributed by atoms with Crippen LogP contribution in [0, 0.1) is 0 Å². The molecule has 0 saturated heterocycles. The Balaban J connectivity index is 2.76. The molecule has 2 aromatic heterocycles. The van der Waals surface area contributed by atoms with Gasteiger partial charge in [0.05, 0.1) is 12.0 Å². The Bertz CT molecular complexity index is 528. The molecule has 0 radical (unpaired) electrons. The smallest absolute Gasteiger partial charge is 0.280 e. The van der Waals surface area contributed by atoms with Crippen LogP contribution in [0.5, 0.6) is 0 Å². The number of hydrogen-bond donors (Lipinski definition) is 1. The second kappa shape index (κ2) is 3.72. The third-order valence-electron chi connectivity index (χ3n) is 2.09. The molecule has 0 spiro atoms. The standard InChI is InChI=1S/C9H12N4O2/c1-3-6-7-8(9(14)11-5-10-7)13(12-6)15-4-2/h5H,3-4H2,1-2H3,(H,10,11,14). The number of hydrogen-bond acceptors (Lipinski definition) is 4. The van der Waals surface area contributed by atoms with Crippen molar-refractivity contribution in [3.8, 4) is 0 Å². The van der Waals surface area contributed by atoms with Gasteiger partial charge in [-0.1, -0.05) is 11.8 Å². The molecule has 80 valence electrons. The lowest BCUT2D eigenvalue weighted by atomic mass is 10.3. The minimum Gasteiger partial charge on any atom is -0.396 e. The maximum absolute atomic E-state index is 11.6. The van der Waals surface area contributed by atoms with Crippen molar-refractivity contribution in [1.29, 1.82) is 0 Å². The van der Waals surface area contributed by atoms with Gasteiger partial charge in [-0.3, -0.25) is 4.79 Å². The number of aryl methyl sites for hydroxylation is 1. The molecule has 6 heteroatoms. The molecule has 0 amide bonds. The first-order chi connectivity index (χ1) is 7.27. The van der Waals surface area contributed by atoms with E-state index in [2.05, 4.69) is 15.1 Å². The van der Waals surface area contributed by atoms with Gasteiger partial charge in [0, 0.05) is 0 Å². The van der Waals surface area contributed by atoms with Crippen molar-refractivity contribution in [3.05, 3.63) is 22.4 Å². The maximum atomic E-state index is 11.6. The van der Waals surface area contributed by atoms with E-state index in [4.69, 9.17) is 4.84 Å². The van der Waals surface area contributed by atoms with E-state index in [-0.39, 0.29) is 5.56 Å². The third kappa shape index (κ3) is 1.47. The summed E-state index contributed by atoms with van der Waals surface area (Å²) in [5, 5.41) is 4.17. The normalized spacial score (nSPS) is 10.8. The summed E-state index contributed by atoms with van der Waals surface area (Å²) in [5.74, 6) is 0. The van der Waals surface area contributed by atoms with E-state index < -0.39 is 0 Å². The van der Waals surface area contributed by atoms with Crippen LogP contribution in [-0.4, -0.2) is 26.5 Å². The van der Waals surface area contributed by atoms with E-state index in [1.54, 1.807) is 0 Å². The highest BCUT2D eigenvalue weighted by atomic mass is 16.7. The molecule has 2 rings (SSSR count). The molecule has 0 atom stereocenters. The molecular weight excluding hydrogens is 196 g/mol. The van der Waals surface area contributed by atoms with Gasteiger partial charge in [-0.05, 0) is 13.3 Å². The van der Waals surface area contributed by atoms with Gasteiger partial charge in [-0.25, -0.2) is 4.98 Å². The fraction of sp³-hybridized carbons (Fsp3) is 0.444. The van der Waals surface area contributed by atoms with Crippen LogP contribution in [0.15, 0.2) is 11.1 Å². The van der Waals surface area contributed by atoms with E-state index >= 15 is 0 Å². The molecule has 0 bridgehead atoms. The van der Waals surface area contributed by atoms with Crippen molar-refractivity contribution >= 4 is 11.0 Å². The third-order valence-corrected chi connectivity index (χ3v) is 2.09. The SMILES string of the molecule is CCOn1nc(CC)c2nc[nH]c(=O)c21. The van der Waals surface area contributed by atoms with Crippen LogP contribution in [0.3, 0.4) is 0 Å². The van der Waals surface area contributed by atoms with Crippen LogP contribution < -0.4 is 10.4 Å². The molecule has 1 N–H and O–H groups in total. The zero-order valence-corrected chi connectivity index (χ0v) is 8.65. The number of H-pyrrole nitrogens is 1. The maximum Gasteiger partial charge on any atom is 0.280 e. The van der Waals surface area contributed by atoms with Gasteiger partial charge in [-0.15, -0.1) is 5.10 Å². The molecule has 0 aliphatic carbocycles. The number of rotatable bonds is 3. The van der Waals surface area contributed by atoms with Crippen molar-refractivity contribution in [2.75, 3.05) is 6.61 Å². The first-order valence-electron chi connectivity index (χ1n) is 4.86. The summed E-state index contributed by atoms with van der Waals surface area (Å²) in [6.45, 7) is 4.25. The number of nitrogens with one attached hydrogen (secondary N) is 1. The first kappa shape index (κ1) is 9.70. The lowest BCUT2D eigenvalue weighted by Crippen LogP contribution is -2.18. The molecule has 15 heavy (non-hydrogen) atoms. The van der Waals surface area contributed by atoms with Crippen molar-refractivity contribution in [2.24, 2.45) is 0 Å². The van der Waals surface area contributed by atoms with Gasteiger partial charge in [0.25, 0.3) is 5.56 Å². The van der Waals surface area contributed by atoms with Gasteiger partial charge in [0.15, 0.2) is 5.52 Å². The number of fused-ring (bicyclic) bond motifs is 1. The highest BCUT2D eigenvalue weighted by molar-refractivity contribution is 5.75. The fourth-order valence-corrected chi connectivity index (χ4v) is 1.44. The topological polar surface area (TPSA) is 72.8 Å². The summed E-state index contributed by atoms with van der Waals surface area (Å²) in [5.41, 5.74) is 1.51. The van der Waals surface area contributed by atoms with Gasteiger partial charge >= 0.3 is 0 Å². The van der Waals surface area contributed by atoms with Crippen LogP contribution >= 0.6 is 0 Å². The minimum atomic E-state index is -0.236. The van der Waals surface area contributed by atoms with Crippen molar-refractivity contribution < 1.29 is 4.84 Å². The average Bonchev–Trinajstić information content (AvgIpc) is 2.59. The highest BCUT2D eigenvalue weighted by Gasteiger charge is 2.13. The first-order valence-corrected chi connectivity index (χ1v) is 4.86. The van der Waals surface area contributed by atoms with E-state index in [1.165, 1.54) is 11.2 Å². The predicted molar refractivity (Wildman–Crippen MR) is 54.6 cm³/mol. The molecule has 0 aromatic carbocycles. The van der Waals surface area contributed by atoms with Crippen LogP contribution in [0.4, 0.5) is 0 Å². The van der Waals surface area contributed by atoms with E-state index in [0.717, 1.165) is 5.69 Å². The van der Waals surface area contributed by atoms with Gasteiger partial charge < -0.3 is 9.82 Å². The van der Waals surface area contributed by atoms with Crippen LogP contribution in [-0.2, 0) is 6.42 Å². The Kier molecular flexibility index (Phi) is 2.40. The summed E-state index contributed by atoms with van der Waals surface area (Å²) in [4.78, 5) is 24.6. The van der Waals surface area contributed by atoms with E-state index in [0.29, 0.717) is 24.1 Å². The molecule has 0 unspecified atom stereocenters. The van der Waals surface area contributed by atoms with Crippen molar-refractivity contribution in [1.82, 2.24) is 19.9 Å². The zero-order chi connectivity index (χ0) is 10.8. The molecule has 2 aromatic rings. The summed E-state index contributed by atoms with van der Waals surface area (Å²) in [6, 6.07) is 0. The summed E-state index contributed by atoms with van der Waals surface area (Å²) >= 11 is 0. The van der Waals surface area contributed by atoms with Gasteiger partial charge in [0.1, 0.15) is 12.1 Å². The monoisotopic (exact) mass is 208 g/mol.